The molecule has 1 aliphatic carbocycles. The third kappa shape index (κ3) is 2.23. The molecule has 0 atom stereocenters. The Morgan fingerprint density at radius 1 is 1.08 bits per heavy atom. The van der Waals surface area contributed by atoms with Crippen molar-refractivity contribution < 1.29 is 0 Å². The highest BCUT2D eigenvalue weighted by atomic mass is 15.2. The van der Waals surface area contributed by atoms with E-state index in [-0.39, 0.29) is 0 Å². The minimum absolute atomic E-state index is 0.349. The van der Waals surface area contributed by atoms with Crippen LogP contribution in [0.15, 0.2) is 0 Å². The number of nitrogens with zero attached hydrogens (tertiary/aromatic N) is 1. The maximum absolute atomic E-state index is 5.95. The van der Waals surface area contributed by atoms with Crippen molar-refractivity contribution in [2.75, 3.05) is 19.6 Å². The highest BCUT2D eigenvalue weighted by Crippen LogP contribution is 2.32. The van der Waals surface area contributed by atoms with E-state index in [0.717, 1.165) is 19.6 Å². The minimum Gasteiger partial charge on any atom is -0.329 e. The summed E-state index contributed by atoms with van der Waals surface area (Å²) in [4.78, 5) is 2.56. The molecule has 0 bridgehead atoms. The SMILES string of the molecule is CCN(CC)C1(CN)CCCCC1. The topological polar surface area (TPSA) is 29.3 Å². The molecule has 0 spiro atoms. The number of hydrogen-bond acceptors (Lipinski definition) is 2. The average molecular weight is 184 g/mol. The van der Waals surface area contributed by atoms with Crippen molar-refractivity contribution in [1.29, 1.82) is 0 Å². The molecule has 1 rings (SSSR count). The molecule has 0 heterocycles. The highest BCUT2D eigenvalue weighted by Gasteiger charge is 2.34. The van der Waals surface area contributed by atoms with Gasteiger partial charge >= 0.3 is 0 Å². The zero-order valence-corrected chi connectivity index (χ0v) is 9.18. The van der Waals surface area contributed by atoms with E-state index in [9.17, 15) is 0 Å². The minimum atomic E-state index is 0.349. The second-order valence-corrected chi connectivity index (χ2v) is 4.16. The zero-order chi connectivity index (χ0) is 9.73. The molecule has 0 aliphatic heterocycles. The molecule has 1 aliphatic rings. The Balaban J connectivity index is 2.64. The molecule has 0 radical (unpaired) electrons. The van der Waals surface area contributed by atoms with Gasteiger partial charge in [-0.25, -0.2) is 0 Å². The van der Waals surface area contributed by atoms with Gasteiger partial charge in [0.1, 0.15) is 0 Å². The van der Waals surface area contributed by atoms with E-state index >= 15 is 0 Å². The van der Waals surface area contributed by atoms with Gasteiger partial charge in [0.05, 0.1) is 0 Å². The van der Waals surface area contributed by atoms with Crippen LogP contribution >= 0.6 is 0 Å². The number of rotatable bonds is 4. The van der Waals surface area contributed by atoms with E-state index in [4.69, 9.17) is 5.73 Å². The van der Waals surface area contributed by atoms with Crippen LogP contribution in [0.3, 0.4) is 0 Å². The first-order chi connectivity index (χ1) is 6.29. The third-order valence-electron chi connectivity index (χ3n) is 3.60. The Labute approximate surface area is 82.5 Å². The fraction of sp³-hybridized carbons (Fsp3) is 1.00. The lowest BCUT2D eigenvalue weighted by atomic mass is 9.80. The second-order valence-electron chi connectivity index (χ2n) is 4.16. The summed E-state index contributed by atoms with van der Waals surface area (Å²) in [7, 11) is 0. The lowest BCUT2D eigenvalue weighted by Crippen LogP contribution is -2.54. The largest absolute Gasteiger partial charge is 0.329 e. The standard InChI is InChI=1S/C11H24N2/c1-3-13(4-2)11(10-12)8-6-5-7-9-11/h3-10,12H2,1-2H3. The molecule has 0 aromatic heterocycles. The second kappa shape index (κ2) is 4.97. The maximum atomic E-state index is 5.95. The van der Waals surface area contributed by atoms with E-state index in [1.165, 1.54) is 32.1 Å². The fourth-order valence-electron chi connectivity index (χ4n) is 2.75. The van der Waals surface area contributed by atoms with E-state index in [1.807, 2.05) is 0 Å². The van der Waals surface area contributed by atoms with Crippen LogP contribution in [0.4, 0.5) is 0 Å². The molecular weight excluding hydrogens is 160 g/mol. The fourth-order valence-corrected chi connectivity index (χ4v) is 2.75. The van der Waals surface area contributed by atoms with E-state index in [1.54, 1.807) is 0 Å². The van der Waals surface area contributed by atoms with Crippen molar-refractivity contribution >= 4 is 0 Å². The molecule has 0 aromatic carbocycles. The van der Waals surface area contributed by atoms with Gasteiger partial charge in [-0.15, -0.1) is 0 Å². The summed E-state index contributed by atoms with van der Waals surface area (Å²) in [5, 5.41) is 0. The smallest absolute Gasteiger partial charge is 0.0331 e. The van der Waals surface area contributed by atoms with E-state index < -0.39 is 0 Å². The van der Waals surface area contributed by atoms with Crippen LogP contribution < -0.4 is 5.73 Å². The Kier molecular flexibility index (Phi) is 4.20. The lowest BCUT2D eigenvalue weighted by Gasteiger charge is -2.45. The Morgan fingerprint density at radius 2 is 1.62 bits per heavy atom. The molecule has 2 heteroatoms. The molecule has 13 heavy (non-hydrogen) atoms. The third-order valence-corrected chi connectivity index (χ3v) is 3.60. The monoisotopic (exact) mass is 184 g/mol. The number of hydrogen-bond donors (Lipinski definition) is 1. The van der Waals surface area contributed by atoms with Crippen LogP contribution in [0, 0.1) is 0 Å². The molecule has 0 unspecified atom stereocenters. The summed E-state index contributed by atoms with van der Waals surface area (Å²) in [6.45, 7) is 7.63. The normalized spacial score (nSPS) is 22.2. The van der Waals surface area contributed by atoms with Crippen LogP contribution in [0.5, 0.6) is 0 Å². The summed E-state index contributed by atoms with van der Waals surface area (Å²) >= 11 is 0. The molecular formula is C11H24N2. The van der Waals surface area contributed by atoms with Crippen molar-refractivity contribution in [1.82, 2.24) is 4.90 Å². The van der Waals surface area contributed by atoms with Gasteiger partial charge in [0.2, 0.25) is 0 Å². The van der Waals surface area contributed by atoms with Gasteiger partial charge in [0, 0.05) is 12.1 Å². The molecule has 0 amide bonds. The van der Waals surface area contributed by atoms with Crippen LogP contribution in [-0.2, 0) is 0 Å². The maximum Gasteiger partial charge on any atom is 0.0331 e. The quantitative estimate of drug-likeness (QED) is 0.724. The van der Waals surface area contributed by atoms with Crippen molar-refractivity contribution in [3.05, 3.63) is 0 Å². The van der Waals surface area contributed by atoms with Gasteiger partial charge < -0.3 is 5.73 Å². The van der Waals surface area contributed by atoms with E-state index in [2.05, 4.69) is 18.7 Å². The first-order valence-corrected chi connectivity index (χ1v) is 5.74. The Bertz CT molecular complexity index is 135. The van der Waals surface area contributed by atoms with Gasteiger partial charge in [-0.05, 0) is 25.9 Å². The van der Waals surface area contributed by atoms with Gasteiger partial charge in [-0.3, -0.25) is 4.90 Å². The zero-order valence-electron chi connectivity index (χ0n) is 9.18. The van der Waals surface area contributed by atoms with Gasteiger partial charge in [0.15, 0.2) is 0 Å². The molecule has 2 N–H and O–H groups in total. The van der Waals surface area contributed by atoms with Crippen LogP contribution in [-0.4, -0.2) is 30.1 Å². The molecule has 0 aromatic rings. The van der Waals surface area contributed by atoms with Crippen molar-refractivity contribution in [3.63, 3.8) is 0 Å². The van der Waals surface area contributed by atoms with Gasteiger partial charge in [-0.1, -0.05) is 33.1 Å². The van der Waals surface area contributed by atoms with Crippen LogP contribution in [0.25, 0.3) is 0 Å². The summed E-state index contributed by atoms with van der Waals surface area (Å²) in [5.41, 5.74) is 6.30. The van der Waals surface area contributed by atoms with Crippen LogP contribution in [0.2, 0.25) is 0 Å². The summed E-state index contributed by atoms with van der Waals surface area (Å²) in [6.07, 6.45) is 6.76. The first-order valence-electron chi connectivity index (χ1n) is 5.74. The predicted octanol–water partition coefficient (Wildman–Crippen LogP) is 1.99. The van der Waals surface area contributed by atoms with Crippen LogP contribution in [0.1, 0.15) is 46.0 Å². The van der Waals surface area contributed by atoms with Crippen molar-refractivity contribution in [2.45, 2.75) is 51.5 Å². The van der Waals surface area contributed by atoms with Gasteiger partial charge in [-0.2, -0.15) is 0 Å². The average Bonchev–Trinajstić information content (AvgIpc) is 2.21. The predicted molar refractivity (Wildman–Crippen MR) is 57.8 cm³/mol. The Morgan fingerprint density at radius 3 is 2.00 bits per heavy atom. The first kappa shape index (κ1) is 11.0. The number of nitrogens with two attached hydrogens (primary N) is 1. The van der Waals surface area contributed by atoms with Gasteiger partial charge in [0.25, 0.3) is 0 Å². The lowest BCUT2D eigenvalue weighted by molar-refractivity contribution is 0.0671. The number of likely N-dealkylation sites (N-methyl/N-ethyl adjacent to an activating group) is 1. The molecule has 1 saturated carbocycles. The summed E-state index contributed by atoms with van der Waals surface area (Å²) < 4.78 is 0. The molecule has 2 nitrogen and oxygen atoms in total. The summed E-state index contributed by atoms with van der Waals surface area (Å²) in [6, 6.07) is 0. The summed E-state index contributed by atoms with van der Waals surface area (Å²) in [5.74, 6) is 0. The Hall–Kier alpha value is -0.0800. The van der Waals surface area contributed by atoms with Crippen molar-refractivity contribution in [3.8, 4) is 0 Å². The molecule has 78 valence electrons. The molecule has 1 fully saturated rings. The molecule has 0 saturated heterocycles. The van der Waals surface area contributed by atoms with Crippen molar-refractivity contribution in [2.24, 2.45) is 5.73 Å². The van der Waals surface area contributed by atoms with E-state index in [0.29, 0.717) is 5.54 Å². The highest BCUT2D eigenvalue weighted by molar-refractivity contribution is 4.93.